The second kappa shape index (κ2) is 3.85. The van der Waals surface area contributed by atoms with Crippen LogP contribution in [0.15, 0.2) is 0 Å². The Balaban J connectivity index is 0. The Hall–Kier alpha value is -0.0800. The number of rotatable bonds is 1. The van der Waals surface area contributed by atoms with E-state index in [4.69, 9.17) is 0 Å². The Bertz CT molecular complexity index is 101. The lowest BCUT2D eigenvalue weighted by atomic mass is 10.4. The monoisotopic (exact) mass is 151 g/mol. The van der Waals surface area contributed by atoms with E-state index in [0.29, 0.717) is 4.48 Å². The molecule has 0 heterocycles. The topological polar surface area (TPSA) is 17.1 Å². The fraction of sp³-hybridized carbons (Fsp3) is 0.833. The Morgan fingerprint density at radius 2 is 1.78 bits per heavy atom. The molecule has 0 rings (SSSR count). The largest absolute Gasteiger partial charge is 1.00 e. The van der Waals surface area contributed by atoms with Crippen molar-refractivity contribution >= 4 is 5.91 Å². The second-order valence-electron chi connectivity index (χ2n) is 2.52. The van der Waals surface area contributed by atoms with Gasteiger partial charge in [-0.3, -0.25) is 4.48 Å². The van der Waals surface area contributed by atoms with E-state index in [1.165, 1.54) is 0 Å². The standard InChI is InChI=1S/C6H14NO.ClH/c1-5-7(3,4)6(2)8;/h5H2,1-4H3;1H/q+1;/p-1. The van der Waals surface area contributed by atoms with Crippen molar-refractivity contribution in [1.29, 1.82) is 0 Å². The Kier molecular flexibility index (Phi) is 5.00. The summed E-state index contributed by atoms with van der Waals surface area (Å²) in [5, 5.41) is 0. The quantitative estimate of drug-likeness (QED) is 0.383. The van der Waals surface area contributed by atoms with Crippen LogP contribution in [0.5, 0.6) is 0 Å². The summed E-state index contributed by atoms with van der Waals surface area (Å²) in [5.74, 6) is 0.215. The molecule has 0 atom stereocenters. The van der Waals surface area contributed by atoms with Gasteiger partial charge in [0.2, 0.25) is 0 Å². The van der Waals surface area contributed by atoms with Crippen LogP contribution >= 0.6 is 0 Å². The van der Waals surface area contributed by atoms with Gasteiger partial charge in [0.05, 0.1) is 27.6 Å². The van der Waals surface area contributed by atoms with E-state index in [1.807, 2.05) is 21.0 Å². The van der Waals surface area contributed by atoms with E-state index in [9.17, 15) is 4.79 Å². The van der Waals surface area contributed by atoms with Gasteiger partial charge in [-0.05, 0) is 6.92 Å². The number of carbonyl (C=O) groups is 1. The van der Waals surface area contributed by atoms with Crippen LogP contribution in [-0.2, 0) is 4.79 Å². The van der Waals surface area contributed by atoms with Gasteiger partial charge in [-0.2, -0.15) is 0 Å². The number of amides is 1. The molecule has 0 bridgehead atoms. The van der Waals surface area contributed by atoms with E-state index in [0.717, 1.165) is 6.54 Å². The van der Waals surface area contributed by atoms with Crippen LogP contribution in [0.4, 0.5) is 0 Å². The maximum atomic E-state index is 10.7. The predicted octanol–water partition coefficient (Wildman–Crippen LogP) is -2.37. The third-order valence-electron chi connectivity index (χ3n) is 1.64. The molecule has 0 aliphatic carbocycles. The van der Waals surface area contributed by atoms with Crippen LogP contribution in [0.1, 0.15) is 13.8 Å². The fourth-order valence-corrected chi connectivity index (χ4v) is 0.223. The molecule has 56 valence electrons. The first-order chi connectivity index (χ1) is 3.50. The first-order valence-corrected chi connectivity index (χ1v) is 2.85. The van der Waals surface area contributed by atoms with Crippen molar-refractivity contribution in [3.05, 3.63) is 0 Å². The van der Waals surface area contributed by atoms with E-state index >= 15 is 0 Å². The van der Waals surface area contributed by atoms with Gasteiger partial charge in [0, 0.05) is 0 Å². The second-order valence-corrected chi connectivity index (χ2v) is 2.52. The van der Waals surface area contributed by atoms with Crippen LogP contribution in [0.25, 0.3) is 0 Å². The highest BCUT2D eigenvalue weighted by molar-refractivity contribution is 5.65. The van der Waals surface area contributed by atoms with Crippen molar-refractivity contribution < 1.29 is 21.7 Å². The van der Waals surface area contributed by atoms with Crippen LogP contribution < -0.4 is 12.4 Å². The number of hydrogen-bond acceptors (Lipinski definition) is 1. The highest BCUT2D eigenvalue weighted by Gasteiger charge is 2.17. The fourth-order valence-electron chi connectivity index (χ4n) is 0.223. The first kappa shape index (κ1) is 11.7. The van der Waals surface area contributed by atoms with Crippen LogP contribution in [0.2, 0.25) is 0 Å². The Labute approximate surface area is 62.8 Å². The van der Waals surface area contributed by atoms with Crippen molar-refractivity contribution in [2.75, 3.05) is 20.6 Å². The van der Waals surface area contributed by atoms with Gasteiger partial charge in [0.25, 0.3) is 0 Å². The highest BCUT2D eigenvalue weighted by Crippen LogP contribution is 1.94. The molecule has 0 aliphatic heterocycles. The Morgan fingerprint density at radius 3 is 1.78 bits per heavy atom. The van der Waals surface area contributed by atoms with Gasteiger partial charge in [0.1, 0.15) is 0 Å². The maximum Gasteiger partial charge on any atom is 0.310 e. The lowest BCUT2D eigenvalue weighted by molar-refractivity contribution is -0.811. The smallest absolute Gasteiger partial charge is 0.310 e. The van der Waals surface area contributed by atoms with Gasteiger partial charge in [-0.1, -0.05) is 0 Å². The molecule has 0 N–H and O–H groups in total. The summed E-state index contributed by atoms with van der Waals surface area (Å²) < 4.78 is 0.486. The number of nitrogens with zero attached hydrogens (tertiary/aromatic N) is 1. The zero-order valence-corrected chi connectivity index (χ0v) is 7.20. The maximum absolute atomic E-state index is 10.7. The third-order valence-corrected chi connectivity index (χ3v) is 1.64. The molecular weight excluding hydrogens is 138 g/mol. The molecule has 1 amide bonds. The molecule has 0 aromatic carbocycles. The molecule has 0 fully saturated rings. The SMILES string of the molecule is CC[N+](C)(C)C(C)=O.[Cl-]. The van der Waals surface area contributed by atoms with E-state index in [-0.39, 0.29) is 18.3 Å². The average Bonchev–Trinajstić information content (AvgIpc) is 1.67. The van der Waals surface area contributed by atoms with E-state index in [2.05, 4.69) is 0 Å². The van der Waals surface area contributed by atoms with E-state index in [1.54, 1.807) is 6.92 Å². The number of quaternary nitrogens is 1. The normalized spacial score (nSPS) is 10.2. The molecule has 0 aliphatic rings. The Morgan fingerprint density at radius 1 is 1.44 bits per heavy atom. The third kappa shape index (κ3) is 3.49. The molecule has 0 unspecified atom stereocenters. The molecule has 0 spiro atoms. The summed E-state index contributed by atoms with van der Waals surface area (Å²) in [6.45, 7) is 4.49. The van der Waals surface area contributed by atoms with Crippen molar-refractivity contribution in [3.8, 4) is 0 Å². The minimum Gasteiger partial charge on any atom is -1.00 e. The molecule has 2 nitrogen and oxygen atoms in total. The van der Waals surface area contributed by atoms with Crippen molar-refractivity contribution in [2.24, 2.45) is 0 Å². The van der Waals surface area contributed by atoms with Crippen molar-refractivity contribution in [3.63, 3.8) is 0 Å². The van der Waals surface area contributed by atoms with Gasteiger partial charge in [0.15, 0.2) is 0 Å². The summed E-state index contributed by atoms with van der Waals surface area (Å²) in [6, 6.07) is 0. The minimum absolute atomic E-state index is 0. The predicted molar refractivity (Wildman–Crippen MR) is 33.3 cm³/mol. The number of hydrogen-bond donors (Lipinski definition) is 0. The summed E-state index contributed by atoms with van der Waals surface area (Å²) in [5.41, 5.74) is 0. The van der Waals surface area contributed by atoms with Crippen molar-refractivity contribution in [1.82, 2.24) is 0 Å². The van der Waals surface area contributed by atoms with Gasteiger partial charge in [-0.25, -0.2) is 4.79 Å². The van der Waals surface area contributed by atoms with Gasteiger partial charge < -0.3 is 12.4 Å². The molecule has 9 heavy (non-hydrogen) atoms. The van der Waals surface area contributed by atoms with Gasteiger partial charge in [-0.15, -0.1) is 0 Å². The first-order valence-electron chi connectivity index (χ1n) is 2.85. The molecule has 3 heteroatoms. The molecule has 0 radical (unpaired) electrons. The van der Waals surface area contributed by atoms with Crippen LogP contribution in [0, 0.1) is 0 Å². The summed E-state index contributed by atoms with van der Waals surface area (Å²) in [4.78, 5) is 10.7. The average molecular weight is 152 g/mol. The molecule has 0 saturated carbocycles. The minimum atomic E-state index is 0. The molecule has 0 aromatic heterocycles. The van der Waals surface area contributed by atoms with Gasteiger partial charge >= 0.3 is 5.91 Å². The zero-order valence-electron chi connectivity index (χ0n) is 6.44. The summed E-state index contributed by atoms with van der Waals surface area (Å²) in [6.07, 6.45) is 0. The number of carbonyl (C=O) groups excluding carboxylic acids is 1. The lowest BCUT2D eigenvalue weighted by Crippen LogP contribution is -3.00. The summed E-state index contributed by atoms with van der Waals surface area (Å²) >= 11 is 0. The molecular formula is C6H14ClNO. The number of halogens is 1. The lowest BCUT2D eigenvalue weighted by Gasteiger charge is -2.22. The zero-order chi connectivity index (χ0) is 6.78. The molecule has 0 saturated heterocycles. The van der Waals surface area contributed by atoms with Crippen molar-refractivity contribution in [2.45, 2.75) is 13.8 Å². The molecule has 0 aromatic rings. The van der Waals surface area contributed by atoms with Crippen LogP contribution in [-0.4, -0.2) is 31.0 Å². The highest BCUT2D eigenvalue weighted by atomic mass is 35.5. The van der Waals surface area contributed by atoms with E-state index < -0.39 is 0 Å². The summed E-state index contributed by atoms with van der Waals surface area (Å²) in [7, 11) is 3.81. The van der Waals surface area contributed by atoms with Crippen LogP contribution in [0.3, 0.4) is 0 Å².